The highest BCUT2D eigenvalue weighted by Gasteiger charge is 2.15. The molecule has 0 aliphatic heterocycles. The van der Waals surface area contributed by atoms with E-state index in [0.29, 0.717) is 12.4 Å². The Morgan fingerprint density at radius 2 is 1.84 bits per heavy atom. The van der Waals surface area contributed by atoms with E-state index in [0.717, 1.165) is 33.5 Å². The minimum atomic E-state index is 0.410. The van der Waals surface area contributed by atoms with Crippen LogP contribution in [0.1, 0.15) is 11.6 Å². The number of hydrogen-bond acceptors (Lipinski definition) is 5. The van der Waals surface area contributed by atoms with E-state index in [1.165, 1.54) is 0 Å². The van der Waals surface area contributed by atoms with E-state index in [-0.39, 0.29) is 0 Å². The predicted molar refractivity (Wildman–Crippen MR) is 97.7 cm³/mol. The largest absolute Gasteiger partial charge is 0.377 e. The summed E-state index contributed by atoms with van der Waals surface area (Å²) in [7, 11) is 1.66. The fourth-order valence-corrected chi connectivity index (χ4v) is 3.50. The van der Waals surface area contributed by atoms with Crippen LogP contribution in [0.25, 0.3) is 16.7 Å². The van der Waals surface area contributed by atoms with Gasteiger partial charge in [-0.15, -0.1) is 10.2 Å². The maximum absolute atomic E-state index is 5.25. The van der Waals surface area contributed by atoms with Crippen molar-refractivity contribution in [3.05, 3.63) is 66.2 Å². The first kappa shape index (κ1) is 15.9. The minimum Gasteiger partial charge on any atom is -0.377 e. The Morgan fingerprint density at radius 1 is 1.04 bits per heavy atom. The van der Waals surface area contributed by atoms with Gasteiger partial charge in [0.05, 0.1) is 16.8 Å². The number of aromatic nitrogens is 5. The Bertz CT molecular complexity index is 946. The van der Waals surface area contributed by atoms with Crippen LogP contribution in [-0.2, 0) is 17.1 Å². The number of nitrogens with zero attached hydrogens (tertiary/aromatic N) is 4. The van der Waals surface area contributed by atoms with E-state index in [2.05, 4.69) is 20.2 Å². The van der Waals surface area contributed by atoms with Crippen molar-refractivity contribution in [2.24, 2.45) is 0 Å². The first-order chi connectivity index (χ1) is 12.3. The Hall–Kier alpha value is -2.64. The quantitative estimate of drug-likeness (QED) is 0.538. The third kappa shape index (κ3) is 3.29. The zero-order valence-electron chi connectivity index (χ0n) is 13.7. The van der Waals surface area contributed by atoms with Crippen LogP contribution in [0.3, 0.4) is 0 Å². The summed E-state index contributed by atoms with van der Waals surface area (Å²) in [6.45, 7) is 0.410. The second kappa shape index (κ2) is 7.08. The molecular weight excluding hydrogens is 334 g/mol. The molecule has 126 valence electrons. The van der Waals surface area contributed by atoms with E-state index in [1.54, 1.807) is 18.9 Å². The third-order valence-electron chi connectivity index (χ3n) is 3.76. The van der Waals surface area contributed by atoms with Crippen LogP contribution in [0.15, 0.2) is 59.8 Å². The first-order valence-electron chi connectivity index (χ1n) is 7.90. The number of nitrogens with one attached hydrogen (secondary N) is 1. The molecule has 2 aromatic carbocycles. The van der Waals surface area contributed by atoms with Gasteiger partial charge in [-0.2, -0.15) is 0 Å². The second-order valence-electron chi connectivity index (χ2n) is 5.49. The number of imidazole rings is 1. The molecule has 0 radical (unpaired) electrons. The number of fused-ring (bicyclic) bond motifs is 1. The number of H-pyrrole nitrogens is 1. The average molecular weight is 351 g/mol. The molecule has 2 heterocycles. The molecular formula is C18H17N5OS. The lowest BCUT2D eigenvalue weighted by Crippen LogP contribution is -2.03. The maximum Gasteiger partial charge on any atom is 0.196 e. The smallest absolute Gasteiger partial charge is 0.196 e. The summed E-state index contributed by atoms with van der Waals surface area (Å²) in [5.74, 6) is 2.38. The van der Waals surface area contributed by atoms with Gasteiger partial charge in [0.15, 0.2) is 11.0 Å². The van der Waals surface area contributed by atoms with E-state index in [1.807, 2.05) is 59.2 Å². The van der Waals surface area contributed by atoms with E-state index in [9.17, 15) is 0 Å². The van der Waals surface area contributed by atoms with Crippen LogP contribution < -0.4 is 0 Å². The molecule has 0 bridgehead atoms. The first-order valence-corrected chi connectivity index (χ1v) is 8.89. The zero-order valence-corrected chi connectivity index (χ0v) is 14.5. The Balaban J connectivity index is 1.61. The molecule has 0 saturated carbocycles. The van der Waals surface area contributed by atoms with Gasteiger partial charge in [0, 0.05) is 12.8 Å². The monoisotopic (exact) mass is 351 g/mol. The standard InChI is InChI=1S/C18H17N5OS/c1-24-11-17-21-22-18(23(17)13-7-3-2-4-8-13)25-12-16-19-14-9-5-6-10-15(14)20-16/h2-10H,11-12H2,1H3,(H,19,20). The Kier molecular flexibility index (Phi) is 4.49. The third-order valence-corrected chi connectivity index (χ3v) is 4.70. The number of ether oxygens (including phenoxy) is 1. The molecule has 6 nitrogen and oxygen atoms in total. The molecule has 0 fully saturated rings. The second-order valence-corrected chi connectivity index (χ2v) is 6.43. The molecule has 0 spiro atoms. The number of para-hydroxylation sites is 3. The molecule has 0 aliphatic carbocycles. The molecule has 2 aromatic heterocycles. The normalized spacial score (nSPS) is 11.2. The summed E-state index contributed by atoms with van der Waals surface area (Å²) >= 11 is 1.60. The fraction of sp³-hybridized carbons (Fsp3) is 0.167. The number of aromatic amines is 1. The zero-order chi connectivity index (χ0) is 17.1. The van der Waals surface area contributed by atoms with Crippen molar-refractivity contribution in [1.82, 2.24) is 24.7 Å². The number of rotatable bonds is 6. The van der Waals surface area contributed by atoms with Crippen LogP contribution in [-0.4, -0.2) is 31.8 Å². The van der Waals surface area contributed by atoms with Crippen LogP contribution >= 0.6 is 11.8 Å². The summed E-state index contributed by atoms with van der Waals surface area (Å²) in [6, 6.07) is 18.1. The summed E-state index contributed by atoms with van der Waals surface area (Å²) in [4.78, 5) is 7.96. The summed E-state index contributed by atoms with van der Waals surface area (Å²) < 4.78 is 7.28. The van der Waals surface area contributed by atoms with Gasteiger partial charge in [0.2, 0.25) is 0 Å². The molecule has 4 aromatic rings. The predicted octanol–water partition coefficient (Wildman–Crippen LogP) is 3.58. The van der Waals surface area contributed by atoms with Gasteiger partial charge in [-0.05, 0) is 24.3 Å². The molecule has 1 N–H and O–H groups in total. The Labute approximate surface area is 149 Å². The average Bonchev–Trinajstić information content (AvgIpc) is 3.24. The van der Waals surface area contributed by atoms with Crippen LogP contribution in [0.4, 0.5) is 0 Å². The molecule has 0 amide bonds. The van der Waals surface area contributed by atoms with E-state index < -0.39 is 0 Å². The van der Waals surface area contributed by atoms with Crippen molar-refractivity contribution in [1.29, 1.82) is 0 Å². The molecule has 7 heteroatoms. The van der Waals surface area contributed by atoms with Gasteiger partial charge >= 0.3 is 0 Å². The molecule has 0 atom stereocenters. The lowest BCUT2D eigenvalue weighted by molar-refractivity contribution is 0.176. The van der Waals surface area contributed by atoms with Crippen molar-refractivity contribution >= 4 is 22.8 Å². The van der Waals surface area contributed by atoms with E-state index >= 15 is 0 Å². The lowest BCUT2D eigenvalue weighted by atomic mass is 10.3. The van der Waals surface area contributed by atoms with Crippen LogP contribution in [0.2, 0.25) is 0 Å². The molecule has 0 saturated heterocycles. The number of methoxy groups -OCH3 is 1. The van der Waals surface area contributed by atoms with Gasteiger partial charge in [0.25, 0.3) is 0 Å². The maximum atomic E-state index is 5.25. The Morgan fingerprint density at radius 3 is 2.64 bits per heavy atom. The van der Waals surface area contributed by atoms with Gasteiger partial charge < -0.3 is 9.72 Å². The van der Waals surface area contributed by atoms with Gasteiger partial charge in [0.1, 0.15) is 12.4 Å². The number of hydrogen-bond donors (Lipinski definition) is 1. The number of benzene rings is 2. The lowest BCUT2D eigenvalue weighted by Gasteiger charge is -2.09. The van der Waals surface area contributed by atoms with Gasteiger partial charge in [-0.3, -0.25) is 4.57 Å². The van der Waals surface area contributed by atoms with Gasteiger partial charge in [-0.25, -0.2) is 4.98 Å². The minimum absolute atomic E-state index is 0.410. The summed E-state index contributed by atoms with van der Waals surface area (Å²) in [6.07, 6.45) is 0. The van der Waals surface area contributed by atoms with Crippen molar-refractivity contribution in [2.45, 2.75) is 17.5 Å². The molecule has 0 unspecified atom stereocenters. The van der Waals surface area contributed by atoms with Gasteiger partial charge in [-0.1, -0.05) is 42.1 Å². The highest BCUT2D eigenvalue weighted by Crippen LogP contribution is 2.25. The summed E-state index contributed by atoms with van der Waals surface area (Å²) in [5, 5.41) is 9.43. The molecule has 25 heavy (non-hydrogen) atoms. The highest BCUT2D eigenvalue weighted by molar-refractivity contribution is 7.98. The molecule has 0 aliphatic rings. The van der Waals surface area contributed by atoms with Crippen molar-refractivity contribution in [3.63, 3.8) is 0 Å². The van der Waals surface area contributed by atoms with Crippen molar-refractivity contribution in [2.75, 3.05) is 7.11 Å². The topological polar surface area (TPSA) is 68.6 Å². The van der Waals surface area contributed by atoms with Crippen LogP contribution in [0, 0.1) is 0 Å². The highest BCUT2D eigenvalue weighted by atomic mass is 32.2. The SMILES string of the molecule is COCc1nnc(SCc2nc3ccccc3[nH]2)n1-c1ccccc1. The van der Waals surface area contributed by atoms with E-state index in [4.69, 9.17) is 4.74 Å². The summed E-state index contributed by atoms with van der Waals surface area (Å²) in [5.41, 5.74) is 3.04. The number of thioether (sulfide) groups is 1. The van der Waals surface area contributed by atoms with Crippen molar-refractivity contribution < 1.29 is 4.74 Å². The fourth-order valence-electron chi connectivity index (χ4n) is 2.66. The molecule has 4 rings (SSSR count). The van der Waals surface area contributed by atoms with Crippen molar-refractivity contribution in [3.8, 4) is 5.69 Å². The van der Waals surface area contributed by atoms with Crippen LogP contribution in [0.5, 0.6) is 0 Å².